The van der Waals surface area contributed by atoms with Crippen LogP contribution in [0.3, 0.4) is 0 Å². The number of rotatable bonds is 3. The van der Waals surface area contributed by atoms with Gasteiger partial charge in [0, 0.05) is 10.4 Å². The molecule has 1 heterocycles. The lowest BCUT2D eigenvalue weighted by Gasteiger charge is -2.22. The van der Waals surface area contributed by atoms with Crippen molar-refractivity contribution in [2.45, 2.75) is 32.2 Å². The Morgan fingerprint density at radius 1 is 1.32 bits per heavy atom. The Hall–Kier alpha value is -1.01. The van der Waals surface area contributed by atoms with Gasteiger partial charge in [-0.3, -0.25) is 5.84 Å². The molecule has 102 valence electrons. The summed E-state index contributed by atoms with van der Waals surface area (Å²) in [5.74, 6) is 5.72. The van der Waals surface area contributed by atoms with Gasteiger partial charge in [-0.1, -0.05) is 55.1 Å². The van der Waals surface area contributed by atoms with Gasteiger partial charge in [0.15, 0.2) is 0 Å². The van der Waals surface area contributed by atoms with E-state index < -0.39 is 0 Å². The van der Waals surface area contributed by atoms with Gasteiger partial charge in [-0.2, -0.15) is 0 Å². The van der Waals surface area contributed by atoms with E-state index in [1.807, 2.05) is 24.3 Å². The topological polar surface area (TPSA) is 63.8 Å². The van der Waals surface area contributed by atoms with Crippen LogP contribution in [0.1, 0.15) is 42.9 Å². The lowest BCUT2D eigenvalue weighted by molar-refractivity contribution is 0.543. The van der Waals surface area contributed by atoms with Crippen molar-refractivity contribution in [3.05, 3.63) is 45.4 Å². The summed E-state index contributed by atoms with van der Waals surface area (Å²) in [7, 11) is 0. The lowest BCUT2D eigenvalue weighted by Crippen LogP contribution is -2.30. The molecule has 2 rings (SSSR count). The molecule has 6 heteroatoms. The van der Waals surface area contributed by atoms with E-state index in [2.05, 4.69) is 35.8 Å². The van der Waals surface area contributed by atoms with Crippen molar-refractivity contribution in [1.82, 2.24) is 15.0 Å². The maximum absolute atomic E-state index is 6.25. The molecule has 1 atom stereocenters. The molecule has 1 unspecified atom stereocenters. The largest absolute Gasteiger partial charge is 0.271 e. The van der Waals surface area contributed by atoms with Gasteiger partial charge in [-0.25, -0.2) is 5.43 Å². The third-order valence-electron chi connectivity index (χ3n) is 2.87. The molecule has 0 amide bonds. The molecule has 0 fully saturated rings. The van der Waals surface area contributed by atoms with Gasteiger partial charge in [-0.15, -0.1) is 5.10 Å². The maximum Gasteiger partial charge on any atom is 0.0861 e. The Morgan fingerprint density at radius 2 is 2.00 bits per heavy atom. The first-order valence-electron chi connectivity index (χ1n) is 5.98. The minimum atomic E-state index is -0.192. The predicted molar refractivity (Wildman–Crippen MR) is 79.2 cm³/mol. The van der Waals surface area contributed by atoms with Crippen LogP contribution in [0, 0.1) is 0 Å². The minimum absolute atomic E-state index is 0.0846. The molecule has 1 aromatic heterocycles. The van der Waals surface area contributed by atoms with E-state index >= 15 is 0 Å². The molecule has 0 aliphatic rings. The van der Waals surface area contributed by atoms with E-state index in [1.54, 1.807) is 0 Å². The number of hydrogen-bond acceptors (Lipinski definition) is 5. The summed E-state index contributed by atoms with van der Waals surface area (Å²) in [6.07, 6.45) is 0. The first-order valence-corrected chi connectivity index (χ1v) is 7.13. The molecule has 2 aromatic rings. The zero-order valence-electron chi connectivity index (χ0n) is 11.1. The van der Waals surface area contributed by atoms with Crippen LogP contribution in [-0.4, -0.2) is 9.59 Å². The molecule has 3 N–H and O–H groups in total. The molecule has 0 spiro atoms. The maximum atomic E-state index is 6.25. The van der Waals surface area contributed by atoms with E-state index in [0.29, 0.717) is 5.02 Å². The second-order valence-electron chi connectivity index (χ2n) is 5.36. The fourth-order valence-corrected chi connectivity index (χ4v) is 3.11. The SMILES string of the molecule is CC(C)(C)c1nnsc1C(NN)c1ccccc1Cl. The molecule has 0 aliphatic heterocycles. The van der Waals surface area contributed by atoms with E-state index in [-0.39, 0.29) is 11.5 Å². The fourth-order valence-electron chi connectivity index (χ4n) is 1.92. The quantitative estimate of drug-likeness (QED) is 0.675. The third-order valence-corrected chi connectivity index (χ3v) is 4.00. The highest BCUT2D eigenvalue weighted by Crippen LogP contribution is 2.35. The van der Waals surface area contributed by atoms with E-state index in [4.69, 9.17) is 17.4 Å². The van der Waals surface area contributed by atoms with Crippen LogP contribution in [0.2, 0.25) is 5.02 Å². The molecule has 4 nitrogen and oxygen atoms in total. The van der Waals surface area contributed by atoms with Gasteiger partial charge in [0.05, 0.1) is 16.6 Å². The smallest absolute Gasteiger partial charge is 0.0861 e. The standard InChI is InChI=1S/C13H17ClN4S/c1-13(2,3)12-11(19-18-17-12)10(16-15)8-6-4-5-7-9(8)14/h4-7,10,16H,15H2,1-3H3. The summed E-state index contributed by atoms with van der Waals surface area (Å²) in [5, 5.41) is 4.92. The summed E-state index contributed by atoms with van der Waals surface area (Å²) < 4.78 is 4.07. The number of nitrogens with two attached hydrogens (primary N) is 1. The number of hydrogen-bond donors (Lipinski definition) is 2. The van der Waals surface area contributed by atoms with Crippen LogP contribution >= 0.6 is 23.1 Å². The van der Waals surface area contributed by atoms with Gasteiger partial charge in [0.1, 0.15) is 0 Å². The zero-order valence-corrected chi connectivity index (χ0v) is 12.7. The van der Waals surface area contributed by atoms with Gasteiger partial charge >= 0.3 is 0 Å². The van der Waals surface area contributed by atoms with Gasteiger partial charge in [-0.05, 0) is 23.2 Å². The molecule has 0 saturated carbocycles. The summed E-state index contributed by atoms with van der Waals surface area (Å²) in [6, 6.07) is 7.46. The van der Waals surface area contributed by atoms with Crippen molar-refractivity contribution in [3.63, 3.8) is 0 Å². The van der Waals surface area contributed by atoms with Gasteiger partial charge < -0.3 is 0 Å². The highest BCUT2D eigenvalue weighted by molar-refractivity contribution is 7.05. The van der Waals surface area contributed by atoms with E-state index in [9.17, 15) is 0 Å². The second-order valence-corrected chi connectivity index (χ2v) is 6.55. The lowest BCUT2D eigenvalue weighted by atomic mass is 9.89. The fraction of sp³-hybridized carbons (Fsp3) is 0.385. The number of benzene rings is 1. The summed E-state index contributed by atoms with van der Waals surface area (Å²) >= 11 is 7.60. The summed E-state index contributed by atoms with van der Waals surface area (Å²) in [4.78, 5) is 1.00. The number of aromatic nitrogens is 2. The highest BCUT2D eigenvalue weighted by atomic mass is 35.5. The predicted octanol–water partition coefficient (Wildman–Crippen LogP) is 3.04. The summed E-state index contributed by atoms with van der Waals surface area (Å²) in [5.41, 5.74) is 4.61. The van der Waals surface area contributed by atoms with Crippen molar-refractivity contribution in [2.24, 2.45) is 5.84 Å². The average molecular weight is 297 g/mol. The van der Waals surface area contributed by atoms with Crippen molar-refractivity contribution in [2.75, 3.05) is 0 Å². The van der Waals surface area contributed by atoms with Crippen molar-refractivity contribution in [1.29, 1.82) is 0 Å². The van der Waals surface area contributed by atoms with Crippen LogP contribution in [0.25, 0.3) is 0 Å². The van der Waals surface area contributed by atoms with Crippen LogP contribution in [0.15, 0.2) is 24.3 Å². The Balaban J connectivity index is 2.50. The molecule has 0 saturated heterocycles. The Morgan fingerprint density at radius 3 is 2.58 bits per heavy atom. The Kier molecular flexibility index (Phi) is 4.20. The molecule has 1 aromatic carbocycles. The third kappa shape index (κ3) is 2.95. The van der Waals surface area contributed by atoms with Crippen LogP contribution in [-0.2, 0) is 5.41 Å². The first-order chi connectivity index (χ1) is 8.95. The first kappa shape index (κ1) is 14.4. The van der Waals surface area contributed by atoms with Crippen molar-refractivity contribution in [3.8, 4) is 0 Å². The highest BCUT2D eigenvalue weighted by Gasteiger charge is 2.28. The van der Waals surface area contributed by atoms with Gasteiger partial charge in [0.2, 0.25) is 0 Å². The van der Waals surface area contributed by atoms with Gasteiger partial charge in [0.25, 0.3) is 0 Å². The van der Waals surface area contributed by atoms with Crippen LogP contribution < -0.4 is 11.3 Å². The number of hydrazine groups is 1. The van der Waals surface area contributed by atoms with E-state index in [0.717, 1.165) is 16.1 Å². The monoisotopic (exact) mass is 296 g/mol. The minimum Gasteiger partial charge on any atom is -0.271 e. The van der Waals surface area contributed by atoms with Crippen LogP contribution in [0.4, 0.5) is 0 Å². The Labute approximate surface area is 122 Å². The average Bonchev–Trinajstić information content (AvgIpc) is 2.81. The van der Waals surface area contributed by atoms with E-state index in [1.165, 1.54) is 11.5 Å². The number of nitrogens with zero attached hydrogens (tertiary/aromatic N) is 2. The normalized spacial score (nSPS) is 13.5. The Bertz CT molecular complexity index is 562. The molecule has 19 heavy (non-hydrogen) atoms. The van der Waals surface area contributed by atoms with Crippen molar-refractivity contribution < 1.29 is 0 Å². The molecular weight excluding hydrogens is 280 g/mol. The van der Waals surface area contributed by atoms with Crippen molar-refractivity contribution >= 4 is 23.1 Å². The number of halogens is 1. The second kappa shape index (κ2) is 5.54. The summed E-state index contributed by atoms with van der Waals surface area (Å²) in [6.45, 7) is 6.31. The molecule has 0 radical (unpaired) electrons. The zero-order chi connectivity index (χ0) is 14.0. The molecular formula is C13H17ClN4S. The molecule has 0 bridgehead atoms. The van der Waals surface area contributed by atoms with Crippen LogP contribution in [0.5, 0.6) is 0 Å². The number of nitrogens with one attached hydrogen (secondary N) is 1. The molecule has 0 aliphatic carbocycles.